The van der Waals surface area contributed by atoms with Gasteiger partial charge in [-0.15, -0.1) is 0 Å². The maximum Gasteiger partial charge on any atom is 0.407 e. The van der Waals surface area contributed by atoms with Crippen LogP contribution in [-0.4, -0.2) is 32.3 Å². The van der Waals surface area contributed by atoms with Crippen LogP contribution in [0.3, 0.4) is 0 Å². The van der Waals surface area contributed by atoms with Gasteiger partial charge in [-0.3, -0.25) is 0 Å². The number of ether oxygens (including phenoxy) is 1. The molecule has 2 aliphatic rings. The number of nitrogens with zero attached hydrogens (tertiary/aromatic N) is 1. The van der Waals surface area contributed by atoms with Crippen molar-refractivity contribution in [2.45, 2.75) is 31.9 Å². The standard InChI is InChI=1S/C22H27N3O2/c26-22(27-16-17-5-2-1-3-6-17)24-21-8-4-7-18-9-10-19(15-20(18)21)25-13-11-23-12-14-25/h1-3,5-6,9-10,15,21,23H,4,7-8,11-14,16H2,(H,24,26). The van der Waals surface area contributed by atoms with Gasteiger partial charge < -0.3 is 20.3 Å². The first-order valence-corrected chi connectivity index (χ1v) is 9.85. The molecule has 0 spiro atoms. The second-order valence-corrected chi connectivity index (χ2v) is 7.27. The normalized spacial score (nSPS) is 19.3. The quantitative estimate of drug-likeness (QED) is 0.872. The Bertz CT molecular complexity index is 772. The molecule has 0 radical (unpaired) electrons. The number of amides is 1. The van der Waals surface area contributed by atoms with Crippen molar-refractivity contribution in [1.29, 1.82) is 0 Å². The number of hydrogen-bond acceptors (Lipinski definition) is 4. The number of aryl methyl sites for hydroxylation is 1. The minimum Gasteiger partial charge on any atom is -0.445 e. The second-order valence-electron chi connectivity index (χ2n) is 7.27. The van der Waals surface area contributed by atoms with Crippen molar-refractivity contribution in [2.24, 2.45) is 0 Å². The van der Waals surface area contributed by atoms with Crippen LogP contribution < -0.4 is 15.5 Å². The highest BCUT2D eigenvalue weighted by Crippen LogP contribution is 2.33. The topological polar surface area (TPSA) is 53.6 Å². The minimum atomic E-state index is -0.343. The van der Waals surface area contributed by atoms with E-state index in [-0.39, 0.29) is 12.1 Å². The van der Waals surface area contributed by atoms with Gasteiger partial charge in [0.15, 0.2) is 0 Å². The largest absolute Gasteiger partial charge is 0.445 e. The fourth-order valence-electron chi connectivity index (χ4n) is 3.96. The highest BCUT2D eigenvalue weighted by molar-refractivity contribution is 5.68. The molecule has 1 aliphatic heterocycles. The molecule has 2 aromatic rings. The van der Waals surface area contributed by atoms with E-state index in [2.05, 4.69) is 33.7 Å². The zero-order valence-corrected chi connectivity index (χ0v) is 15.6. The minimum absolute atomic E-state index is 0.0277. The molecule has 1 saturated heterocycles. The van der Waals surface area contributed by atoms with Crippen LogP contribution in [0.5, 0.6) is 0 Å². The van der Waals surface area contributed by atoms with Crippen LogP contribution in [0.25, 0.3) is 0 Å². The number of carbonyl (C=O) groups is 1. The number of nitrogens with one attached hydrogen (secondary N) is 2. The van der Waals surface area contributed by atoms with Gasteiger partial charge in [-0.25, -0.2) is 4.79 Å². The monoisotopic (exact) mass is 365 g/mol. The van der Waals surface area contributed by atoms with E-state index >= 15 is 0 Å². The van der Waals surface area contributed by atoms with Crippen molar-refractivity contribution in [3.05, 3.63) is 65.2 Å². The van der Waals surface area contributed by atoms with E-state index in [1.807, 2.05) is 30.3 Å². The first kappa shape index (κ1) is 17.9. The molecule has 0 bridgehead atoms. The summed E-state index contributed by atoms with van der Waals surface area (Å²) in [6.45, 7) is 4.38. The van der Waals surface area contributed by atoms with Gasteiger partial charge in [-0.2, -0.15) is 0 Å². The van der Waals surface area contributed by atoms with Crippen LogP contribution in [0.15, 0.2) is 48.5 Å². The molecule has 1 aliphatic carbocycles. The molecule has 1 atom stereocenters. The molecule has 5 heteroatoms. The molecule has 142 valence electrons. The lowest BCUT2D eigenvalue weighted by atomic mass is 9.87. The van der Waals surface area contributed by atoms with Crippen molar-refractivity contribution in [1.82, 2.24) is 10.6 Å². The lowest BCUT2D eigenvalue weighted by Gasteiger charge is -2.32. The average Bonchev–Trinajstić information content (AvgIpc) is 2.74. The van der Waals surface area contributed by atoms with Crippen LogP contribution >= 0.6 is 0 Å². The summed E-state index contributed by atoms with van der Waals surface area (Å²) in [5, 5.41) is 6.48. The van der Waals surface area contributed by atoms with E-state index in [0.29, 0.717) is 6.61 Å². The SMILES string of the molecule is O=C(NC1CCCc2ccc(N3CCNCC3)cc21)OCc1ccccc1. The summed E-state index contributed by atoms with van der Waals surface area (Å²) in [4.78, 5) is 14.7. The van der Waals surface area contributed by atoms with Crippen LogP contribution in [0.1, 0.15) is 35.6 Å². The third-order valence-electron chi connectivity index (χ3n) is 5.43. The van der Waals surface area contributed by atoms with E-state index in [9.17, 15) is 4.79 Å². The van der Waals surface area contributed by atoms with Gasteiger partial charge in [-0.05, 0) is 48.1 Å². The predicted molar refractivity (Wildman–Crippen MR) is 107 cm³/mol. The molecule has 27 heavy (non-hydrogen) atoms. The van der Waals surface area contributed by atoms with E-state index in [1.54, 1.807) is 0 Å². The van der Waals surface area contributed by atoms with Gasteiger partial charge in [0.05, 0.1) is 6.04 Å². The molecule has 5 nitrogen and oxygen atoms in total. The number of anilines is 1. The number of benzene rings is 2. The van der Waals surface area contributed by atoms with Crippen molar-refractivity contribution in [3.63, 3.8) is 0 Å². The van der Waals surface area contributed by atoms with Gasteiger partial charge >= 0.3 is 6.09 Å². The van der Waals surface area contributed by atoms with Crippen LogP contribution in [0, 0.1) is 0 Å². The molecule has 2 aromatic carbocycles. The Morgan fingerprint density at radius 1 is 1.15 bits per heavy atom. The Kier molecular flexibility index (Phi) is 5.58. The maximum atomic E-state index is 12.3. The Hall–Kier alpha value is -2.53. The number of rotatable bonds is 4. The summed E-state index contributed by atoms with van der Waals surface area (Å²) in [5.74, 6) is 0. The first-order chi connectivity index (χ1) is 13.3. The predicted octanol–water partition coefficient (Wildman–Crippen LogP) is 3.40. The lowest BCUT2D eigenvalue weighted by molar-refractivity contribution is 0.134. The molecule has 1 heterocycles. The fraction of sp³-hybridized carbons (Fsp3) is 0.409. The first-order valence-electron chi connectivity index (χ1n) is 9.85. The Morgan fingerprint density at radius 3 is 2.78 bits per heavy atom. The summed E-state index contributed by atoms with van der Waals surface area (Å²) in [7, 11) is 0. The van der Waals surface area contributed by atoms with Crippen molar-refractivity contribution in [2.75, 3.05) is 31.1 Å². The number of alkyl carbamates (subject to hydrolysis) is 1. The van der Waals surface area contributed by atoms with Gasteiger partial charge in [0.25, 0.3) is 0 Å². The molecule has 1 fully saturated rings. The molecular formula is C22H27N3O2. The Morgan fingerprint density at radius 2 is 1.96 bits per heavy atom. The number of carbonyl (C=O) groups excluding carboxylic acids is 1. The summed E-state index contributed by atoms with van der Waals surface area (Å²) in [5.41, 5.74) is 4.83. The van der Waals surface area contributed by atoms with Crippen LogP contribution in [-0.2, 0) is 17.8 Å². The van der Waals surface area contributed by atoms with Crippen molar-refractivity contribution >= 4 is 11.8 Å². The fourth-order valence-corrected chi connectivity index (χ4v) is 3.96. The summed E-state index contributed by atoms with van der Waals surface area (Å²) in [6.07, 6.45) is 2.78. The smallest absolute Gasteiger partial charge is 0.407 e. The summed E-state index contributed by atoms with van der Waals surface area (Å²) < 4.78 is 5.42. The van der Waals surface area contributed by atoms with E-state index in [1.165, 1.54) is 16.8 Å². The van der Waals surface area contributed by atoms with Crippen molar-refractivity contribution < 1.29 is 9.53 Å². The highest BCUT2D eigenvalue weighted by Gasteiger charge is 2.24. The van der Waals surface area contributed by atoms with E-state index < -0.39 is 0 Å². The van der Waals surface area contributed by atoms with E-state index in [4.69, 9.17) is 4.74 Å². The lowest BCUT2D eigenvalue weighted by Crippen LogP contribution is -2.43. The number of hydrogen-bond donors (Lipinski definition) is 2. The molecular weight excluding hydrogens is 338 g/mol. The van der Waals surface area contributed by atoms with Crippen molar-refractivity contribution in [3.8, 4) is 0 Å². The molecule has 2 N–H and O–H groups in total. The van der Waals surface area contributed by atoms with Gasteiger partial charge in [0.2, 0.25) is 0 Å². The second kappa shape index (κ2) is 8.44. The zero-order valence-electron chi connectivity index (χ0n) is 15.6. The average molecular weight is 365 g/mol. The highest BCUT2D eigenvalue weighted by atomic mass is 16.5. The van der Waals surface area contributed by atoms with Crippen LogP contribution in [0.4, 0.5) is 10.5 Å². The summed E-state index contributed by atoms with van der Waals surface area (Å²) >= 11 is 0. The number of fused-ring (bicyclic) bond motifs is 1. The number of piperazine rings is 1. The van der Waals surface area contributed by atoms with Gasteiger partial charge in [0.1, 0.15) is 6.61 Å². The third-order valence-corrected chi connectivity index (χ3v) is 5.43. The molecule has 4 rings (SSSR count). The van der Waals surface area contributed by atoms with Gasteiger partial charge in [0, 0.05) is 31.9 Å². The maximum absolute atomic E-state index is 12.3. The molecule has 0 aromatic heterocycles. The van der Waals surface area contributed by atoms with Crippen LogP contribution in [0.2, 0.25) is 0 Å². The van der Waals surface area contributed by atoms with E-state index in [0.717, 1.165) is 51.0 Å². The molecule has 1 unspecified atom stereocenters. The Labute approximate surface area is 160 Å². The molecule has 1 amide bonds. The summed E-state index contributed by atoms with van der Waals surface area (Å²) in [6, 6.07) is 16.5. The third kappa shape index (κ3) is 4.42. The zero-order chi connectivity index (χ0) is 18.5. The van der Waals surface area contributed by atoms with Gasteiger partial charge in [-0.1, -0.05) is 36.4 Å². The Balaban J connectivity index is 1.42. The molecule has 0 saturated carbocycles.